The molecule has 0 amide bonds. The van der Waals surface area contributed by atoms with Crippen LogP contribution in [0.4, 0.5) is 0 Å². The van der Waals surface area contributed by atoms with Crippen LogP contribution in [0.15, 0.2) is 125 Å². The summed E-state index contributed by atoms with van der Waals surface area (Å²) in [6.45, 7) is 1.29. The molecule has 12 unspecified atom stereocenters. The van der Waals surface area contributed by atoms with Gasteiger partial charge in [-0.1, -0.05) is 92.4 Å². The number of rotatable bonds is 0. The third-order valence-electron chi connectivity index (χ3n) is 14.9. The van der Waals surface area contributed by atoms with E-state index in [9.17, 15) is 0 Å². The van der Waals surface area contributed by atoms with Gasteiger partial charge in [-0.05, 0) is 146 Å². The fraction of sp³-hybridized carbons (Fsp3) is 0.519. The monoisotopic (exact) mass is 903 g/mol. The van der Waals surface area contributed by atoms with Crippen LogP contribution in [0, 0.1) is 35.5 Å². The number of fused-ring (bicyclic) bond motifs is 11. The van der Waals surface area contributed by atoms with Gasteiger partial charge in [0.05, 0.1) is 0 Å². The topological polar surface area (TPSA) is 43.6 Å². The van der Waals surface area contributed by atoms with E-state index in [2.05, 4.69) is 134 Å². The van der Waals surface area contributed by atoms with Crippen molar-refractivity contribution in [3.8, 4) is 0 Å². The van der Waals surface area contributed by atoms with Gasteiger partial charge in [0.15, 0.2) is 0 Å². The molecule has 0 spiro atoms. The Bertz CT molecular complexity index is 1940. The molecule has 5 aromatic rings. The van der Waals surface area contributed by atoms with Crippen LogP contribution in [0.5, 0.6) is 0 Å². The number of thioether (sulfide) groups is 4. The average Bonchev–Trinajstić information content (AvgIpc) is 4.11. The predicted molar refractivity (Wildman–Crippen MR) is 278 cm³/mol. The summed E-state index contributed by atoms with van der Waals surface area (Å²) in [5.41, 5.74) is 2.42. The molecule has 15 rings (SSSR count). The molecular formula is C52H67BN3PS4. The largest absolute Gasteiger partial charge is 0.355 e. The van der Waals surface area contributed by atoms with Crippen LogP contribution in [0.1, 0.15) is 89.9 Å². The minimum Gasteiger partial charge on any atom is -0.355 e. The zero-order valence-corrected chi connectivity index (χ0v) is 40.1. The van der Waals surface area contributed by atoms with Gasteiger partial charge < -0.3 is 10.3 Å². The van der Waals surface area contributed by atoms with Gasteiger partial charge in [-0.15, -0.1) is 43.5 Å². The van der Waals surface area contributed by atoms with E-state index in [1.54, 1.807) is 25.7 Å². The second-order valence-electron chi connectivity index (χ2n) is 18.4. The summed E-state index contributed by atoms with van der Waals surface area (Å²) >= 11 is 8.47. The van der Waals surface area contributed by atoms with Gasteiger partial charge in [0.1, 0.15) is 0 Å². The second kappa shape index (κ2) is 22.8. The number of hydrogen-bond acceptors (Lipinski definition) is 5. The Morgan fingerprint density at radius 1 is 0.557 bits per heavy atom. The van der Waals surface area contributed by atoms with E-state index in [4.69, 9.17) is 0 Å². The Morgan fingerprint density at radius 3 is 1.74 bits per heavy atom. The van der Waals surface area contributed by atoms with Crippen molar-refractivity contribution in [3.63, 3.8) is 0 Å². The van der Waals surface area contributed by atoms with Gasteiger partial charge in [0.2, 0.25) is 0 Å². The van der Waals surface area contributed by atoms with Crippen LogP contribution in [0.3, 0.4) is 0 Å². The summed E-state index contributed by atoms with van der Waals surface area (Å²) in [6.07, 6.45) is 30.0. The van der Waals surface area contributed by atoms with Crippen molar-refractivity contribution in [1.29, 1.82) is 0 Å². The van der Waals surface area contributed by atoms with Crippen molar-refractivity contribution in [2.75, 3.05) is 6.54 Å². The minimum atomic E-state index is 0.872. The first-order valence-corrected chi connectivity index (χ1v) is 28.7. The molecule has 8 heterocycles. The molecular weight excluding hydrogens is 837 g/mol. The van der Waals surface area contributed by atoms with Crippen LogP contribution >= 0.6 is 55.2 Å². The summed E-state index contributed by atoms with van der Waals surface area (Å²) in [5.74, 6) is 12.3. The third-order valence-corrected chi connectivity index (χ3v) is 21.1. The molecule has 2 saturated heterocycles. The van der Waals surface area contributed by atoms with E-state index in [1.165, 1.54) is 92.6 Å². The summed E-state index contributed by atoms with van der Waals surface area (Å²) in [7, 11) is 2.82. The van der Waals surface area contributed by atoms with Crippen molar-refractivity contribution >= 4 is 84.1 Å². The molecule has 10 aliphatic rings. The Kier molecular flexibility index (Phi) is 16.6. The van der Waals surface area contributed by atoms with Gasteiger partial charge >= 0.3 is 30.2 Å². The Labute approximate surface area is 385 Å². The second-order valence-corrected chi connectivity index (χ2v) is 24.4. The molecule has 3 aromatic heterocycles. The van der Waals surface area contributed by atoms with Crippen LogP contribution in [-0.2, 0) is 0 Å². The molecule has 61 heavy (non-hydrogen) atoms. The standard InChI is InChI=1S/C12H9N.C10H16S.C9H10S2.C7H13N.C7H10S.C4H5P.C3H4BN/c1-3-7-11-9(5-1)10-6-2-4-8-12(10)13-11;1-3-7-8-4-2-6-10(8)11-9(7)5-1;1-3-10-8-5-9-7(6(1)8)2-4-11-9;2*1-2-6-4-5-8-7(6)3-1;2*1-2-4-5-3-1/h1-8,13H;7-10H,1-6H2;1-4,6-9H,5H2;6-8H,1-5H2;4-7H,1-3H2;1-5H;1-3,5H. The number of allylic oxidation sites excluding steroid dienone is 3. The van der Waals surface area contributed by atoms with Gasteiger partial charge in [0.25, 0.3) is 0 Å². The molecule has 7 fully saturated rings. The molecule has 9 heteroatoms. The smallest absolute Gasteiger partial charge is 0.0464 e. The predicted octanol–water partition coefficient (Wildman–Crippen LogP) is 14.9. The van der Waals surface area contributed by atoms with E-state index in [0.717, 1.165) is 76.0 Å². The SMILES string of the molecule is C1=CC2C(CC3SC=CC32)S1.C1=CC2CCCC2S1.C1CC2CCNC2C1.C1CC2SC3CCCC3C2C1.b1ccc[nH]1.c1cc[pH]c1.c1ccc2c(c1)[nH]c1ccccc12. The normalized spacial score (nSPS) is 34.3. The molecule has 12 atom stereocenters. The zero-order chi connectivity index (χ0) is 41.1. The summed E-state index contributed by atoms with van der Waals surface area (Å²) in [4.78, 5) is 6.24. The Hall–Kier alpha value is -1.93. The maximum absolute atomic E-state index is 3.52. The summed E-state index contributed by atoms with van der Waals surface area (Å²) in [6, 6.07) is 23.8. The molecule has 2 aromatic carbocycles. The third kappa shape index (κ3) is 11.5. The van der Waals surface area contributed by atoms with E-state index < -0.39 is 0 Å². The van der Waals surface area contributed by atoms with Gasteiger partial charge in [-0.25, -0.2) is 0 Å². The number of aromatic nitrogens is 2. The molecule has 0 radical (unpaired) electrons. The van der Waals surface area contributed by atoms with Crippen LogP contribution in [-0.4, -0.2) is 55.8 Å². The van der Waals surface area contributed by atoms with E-state index in [0.29, 0.717) is 0 Å². The number of nitrogens with one attached hydrogen (secondary N) is 3. The number of aromatic amines is 2. The average molecular weight is 904 g/mol. The minimum absolute atomic E-state index is 0.872. The Morgan fingerprint density at radius 2 is 1.16 bits per heavy atom. The first kappa shape index (κ1) is 44.3. The van der Waals surface area contributed by atoms with Gasteiger partial charge in [0, 0.05) is 54.1 Å². The number of H-pyrrole nitrogens is 2. The van der Waals surface area contributed by atoms with Crippen LogP contribution in [0.2, 0.25) is 0 Å². The van der Waals surface area contributed by atoms with Crippen molar-refractivity contribution in [3.05, 3.63) is 125 Å². The molecule has 3 nitrogen and oxygen atoms in total. The molecule has 5 saturated carbocycles. The molecule has 5 aliphatic carbocycles. The van der Waals surface area contributed by atoms with Crippen molar-refractivity contribution < 1.29 is 0 Å². The first-order chi connectivity index (χ1) is 30.3. The maximum Gasteiger partial charge on any atom is 0.0464 e. The molecule has 322 valence electrons. The molecule has 5 aliphatic heterocycles. The fourth-order valence-electron chi connectivity index (χ4n) is 11.8. The number of hydrogen-bond donors (Lipinski definition) is 3. The van der Waals surface area contributed by atoms with Gasteiger partial charge in [-0.3, -0.25) is 0 Å². The summed E-state index contributed by atoms with van der Waals surface area (Å²) < 4.78 is 0. The van der Waals surface area contributed by atoms with Crippen molar-refractivity contribution in [1.82, 2.24) is 15.2 Å². The number of benzene rings is 2. The van der Waals surface area contributed by atoms with Crippen LogP contribution in [0.25, 0.3) is 21.8 Å². The Balaban J connectivity index is 0.0000000932. The van der Waals surface area contributed by atoms with Crippen molar-refractivity contribution in [2.24, 2.45) is 35.5 Å². The van der Waals surface area contributed by atoms with Gasteiger partial charge in [-0.2, -0.15) is 11.8 Å². The first-order valence-electron chi connectivity index (χ1n) is 23.7. The molecule has 0 bridgehead atoms. The van der Waals surface area contributed by atoms with E-state index >= 15 is 0 Å². The zero-order valence-electron chi connectivity index (χ0n) is 35.9. The van der Waals surface area contributed by atoms with Crippen molar-refractivity contribution in [2.45, 2.75) is 122 Å². The van der Waals surface area contributed by atoms with E-state index in [-0.39, 0.29) is 0 Å². The quantitative estimate of drug-likeness (QED) is 0.145. The number of para-hydroxylation sites is 2. The van der Waals surface area contributed by atoms with Crippen LogP contribution < -0.4 is 5.32 Å². The maximum atomic E-state index is 3.52. The fourth-order valence-corrected chi connectivity index (χ4v) is 18.3. The van der Waals surface area contributed by atoms with E-state index in [1.807, 2.05) is 60.6 Å². The summed E-state index contributed by atoms with van der Waals surface area (Å²) in [5, 5.41) is 18.0. The molecule has 3 N–H and O–H groups in total.